The summed E-state index contributed by atoms with van der Waals surface area (Å²) < 4.78 is 0. The lowest BCUT2D eigenvalue weighted by atomic mass is 10.1. The molecule has 1 aromatic rings. The average Bonchev–Trinajstić information content (AvgIpc) is 2.08. The summed E-state index contributed by atoms with van der Waals surface area (Å²) in [5.74, 6) is 0.0276. The Morgan fingerprint density at radius 1 is 1.42 bits per heavy atom. The van der Waals surface area contributed by atoms with Gasteiger partial charge in [-0.1, -0.05) is 6.92 Å². The molecule has 0 unspecified atom stereocenters. The number of nitrogen functional groups attached to an aromatic ring is 2. The molecule has 0 spiro atoms. The van der Waals surface area contributed by atoms with E-state index in [-0.39, 0.29) is 5.78 Å². The van der Waals surface area contributed by atoms with Crippen molar-refractivity contribution in [3.8, 4) is 0 Å². The van der Waals surface area contributed by atoms with Gasteiger partial charge < -0.3 is 11.5 Å². The molecule has 0 amide bonds. The number of carbonyl (C=O) groups is 1. The predicted molar refractivity (Wildman–Crippen MR) is 49.9 cm³/mol. The molecule has 0 aromatic heterocycles. The Hall–Kier alpha value is -1.51. The van der Waals surface area contributed by atoms with Crippen LogP contribution in [0.1, 0.15) is 23.7 Å². The zero-order valence-corrected chi connectivity index (χ0v) is 7.00. The molecule has 0 heterocycles. The highest BCUT2D eigenvalue weighted by atomic mass is 16.1. The maximum Gasteiger partial charge on any atom is 0.164 e. The number of nitrogens with two attached hydrogens (primary N) is 2. The molecule has 1 aromatic carbocycles. The van der Waals surface area contributed by atoms with Gasteiger partial charge in [-0.25, -0.2) is 0 Å². The number of benzene rings is 1. The van der Waals surface area contributed by atoms with Crippen molar-refractivity contribution in [2.45, 2.75) is 13.3 Å². The number of hydrogen-bond donors (Lipinski definition) is 2. The number of hydrogen-bond acceptors (Lipinski definition) is 3. The molecule has 0 saturated heterocycles. The Labute approximate surface area is 71.4 Å². The van der Waals surface area contributed by atoms with Gasteiger partial charge in [0.25, 0.3) is 0 Å². The van der Waals surface area contributed by atoms with E-state index in [4.69, 9.17) is 11.5 Å². The first kappa shape index (κ1) is 8.59. The Balaban J connectivity index is 3.13. The van der Waals surface area contributed by atoms with E-state index in [9.17, 15) is 4.79 Å². The van der Waals surface area contributed by atoms with Crippen molar-refractivity contribution in [2.24, 2.45) is 0 Å². The summed E-state index contributed by atoms with van der Waals surface area (Å²) in [5, 5.41) is 0. The summed E-state index contributed by atoms with van der Waals surface area (Å²) in [4.78, 5) is 11.3. The van der Waals surface area contributed by atoms with Crippen molar-refractivity contribution >= 4 is 17.2 Å². The van der Waals surface area contributed by atoms with Crippen LogP contribution in [0.2, 0.25) is 0 Å². The van der Waals surface area contributed by atoms with Crippen LogP contribution in [0, 0.1) is 0 Å². The van der Waals surface area contributed by atoms with Gasteiger partial charge >= 0.3 is 0 Å². The quantitative estimate of drug-likeness (QED) is 0.513. The number of anilines is 2. The summed E-state index contributed by atoms with van der Waals surface area (Å²) in [6.45, 7) is 1.80. The molecule has 4 N–H and O–H groups in total. The molecule has 0 aliphatic heterocycles. The van der Waals surface area contributed by atoms with Crippen LogP contribution in [-0.4, -0.2) is 5.78 Å². The first-order chi connectivity index (χ1) is 5.65. The minimum Gasteiger partial charge on any atom is -0.399 e. The standard InChI is InChI=1S/C9H12N2O/c1-2-9(12)7-5-6(10)3-4-8(7)11/h3-5H,2,10-11H2,1H3. The van der Waals surface area contributed by atoms with Crippen molar-refractivity contribution in [2.75, 3.05) is 11.5 Å². The highest BCUT2D eigenvalue weighted by Gasteiger charge is 2.06. The summed E-state index contributed by atoms with van der Waals surface area (Å²) in [6.07, 6.45) is 0.452. The SMILES string of the molecule is CCC(=O)c1cc(N)ccc1N. The van der Waals surface area contributed by atoms with E-state index < -0.39 is 0 Å². The second-order valence-corrected chi connectivity index (χ2v) is 2.62. The van der Waals surface area contributed by atoms with Crippen LogP contribution in [0.5, 0.6) is 0 Å². The maximum absolute atomic E-state index is 11.3. The van der Waals surface area contributed by atoms with Gasteiger partial charge in [0.05, 0.1) is 0 Å². The van der Waals surface area contributed by atoms with Crippen molar-refractivity contribution in [3.63, 3.8) is 0 Å². The van der Waals surface area contributed by atoms with Gasteiger partial charge in [-0.2, -0.15) is 0 Å². The van der Waals surface area contributed by atoms with Gasteiger partial charge in [-0.3, -0.25) is 4.79 Å². The monoisotopic (exact) mass is 164 g/mol. The van der Waals surface area contributed by atoms with Gasteiger partial charge in [0, 0.05) is 23.4 Å². The van der Waals surface area contributed by atoms with Gasteiger partial charge in [-0.15, -0.1) is 0 Å². The average molecular weight is 164 g/mol. The Kier molecular flexibility index (Phi) is 2.33. The van der Waals surface area contributed by atoms with E-state index >= 15 is 0 Å². The highest BCUT2D eigenvalue weighted by molar-refractivity contribution is 6.01. The molecular weight excluding hydrogens is 152 g/mol. The smallest absolute Gasteiger partial charge is 0.164 e. The van der Waals surface area contributed by atoms with Gasteiger partial charge in [-0.05, 0) is 18.2 Å². The Bertz CT molecular complexity index is 307. The fourth-order valence-electron chi connectivity index (χ4n) is 1.01. The first-order valence-electron chi connectivity index (χ1n) is 3.83. The third kappa shape index (κ3) is 1.56. The fraction of sp³-hybridized carbons (Fsp3) is 0.222. The van der Waals surface area contributed by atoms with Crippen molar-refractivity contribution in [1.82, 2.24) is 0 Å². The van der Waals surface area contributed by atoms with E-state index in [1.165, 1.54) is 0 Å². The molecule has 0 fully saturated rings. The molecule has 0 atom stereocenters. The predicted octanol–water partition coefficient (Wildman–Crippen LogP) is 1.44. The minimum absolute atomic E-state index is 0.0276. The maximum atomic E-state index is 11.3. The number of ketones is 1. The van der Waals surface area contributed by atoms with Crippen LogP contribution < -0.4 is 11.5 Å². The topological polar surface area (TPSA) is 69.1 Å². The highest BCUT2D eigenvalue weighted by Crippen LogP contribution is 2.16. The van der Waals surface area contributed by atoms with E-state index in [2.05, 4.69) is 0 Å². The fourth-order valence-corrected chi connectivity index (χ4v) is 1.01. The van der Waals surface area contributed by atoms with E-state index in [1.54, 1.807) is 25.1 Å². The van der Waals surface area contributed by atoms with E-state index in [1.807, 2.05) is 0 Å². The number of rotatable bonds is 2. The zero-order valence-electron chi connectivity index (χ0n) is 7.00. The van der Waals surface area contributed by atoms with E-state index in [0.29, 0.717) is 23.4 Å². The second kappa shape index (κ2) is 3.26. The Morgan fingerprint density at radius 3 is 2.67 bits per heavy atom. The summed E-state index contributed by atoms with van der Waals surface area (Å²) in [5.41, 5.74) is 12.7. The van der Waals surface area contributed by atoms with E-state index in [0.717, 1.165) is 0 Å². The van der Waals surface area contributed by atoms with Gasteiger partial charge in [0.1, 0.15) is 0 Å². The molecule has 0 aliphatic rings. The van der Waals surface area contributed by atoms with Gasteiger partial charge in [0.15, 0.2) is 5.78 Å². The third-order valence-electron chi connectivity index (χ3n) is 1.70. The van der Waals surface area contributed by atoms with Crippen LogP contribution in [0.4, 0.5) is 11.4 Å². The molecule has 3 nitrogen and oxygen atoms in total. The largest absolute Gasteiger partial charge is 0.399 e. The normalized spacial score (nSPS) is 9.75. The minimum atomic E-state index is 0.0276. The summed E-state index contributed by atoms with van der Waals surface area (Å²) >= 11 is 0. The van der Waals surface area contributed by atoms with Gasteiger partial charge in [0.2, 0.25) is 0 Å². The molecular formula is C9H12N2O. The third-order valence-corrected chi connectivity index (χ3v) is 1.70. The molecule has 0 aliphatic carbocycles. The lowest BCUT2D eigenvalue weighted by Crippen LogP contribution is -2.03. The zero-order chi connectivity index (χ0) is 9.14. The first-order valence-corrected chi connectivity index (χ1v) is 3.83. The van der Waals surface area contributed by atoms with Crippen LogP contribution in [-0.2, 0) is 0 Å². The van der Waals surface area contributed by atoms with Crippen LogP contribution >= 0.6 is 0 Å². The Morgan fingerprint density at radius 2 is 2.08 bits per heavy atom. The van der Waals surface area contributed by atoms with Crippen molar-refractivity contribution in [3.05, 3.63) is 23.8 Å². The second-order valence-electron chi connectivity index (χ2n) is 2.62. The van der Waals surface area contributed by atoms with Crippen molar-refractivity contribution in [1.29, 1.82) is 0 Å². The lowest BCUT2D eigenvalue weighted by molar-refractivity contribution is 0.0989. The molecule has 0 saturated carbocycles. The molecule has 0 bridgehead atoms. The molecule has 1 rings (SSSR count). The number of carbonyl (C=O) groups excluding carboxylic acids is 1. The van der Waals surface area contributed by atoms with Crippen LogP contribution in [0.15, 0.2) is 18.2 Å². The molecule has 12 heavy (non-hydrogen) atoms. The summed E-state index contributed by atoms with van der Waals surface area (Å²) in [6, 6.07) is 4.95. The summed E-state index contributed by atoms with van der Waals surface area (Å²) in [7, 11) is 0. The lowest BCUT2D eigenvalue weighted by Gasteiger charge is -2.03. The molecule has 0 radical (unpaired) electrons. The number of Topliss-reactive ketones (excluding diaryl/α,β-unsaturated/α-hetero) is 1. The van der Waals surface area contributed by atoms with Crippen molar-refractivity contribution < 1.29 is 4.79 Å². The molecule has 3 heteroatoms. The van der Waals surface area contributed by atoms with Crippen LogP contribution in [0.25, 0.3) is 0 Å². The van der Waals surface area contributed by atoms with Crippen LogP contribution in [0.3, 0.4) is 0 Å². The molecule has 64 valence electrons.